The van der Waals surface area contributed by atoms with Crippen molar-refractivity contribution in [1.82, 2.24) is 4.98 Å². The van der Waals surface area contributed by atoms with Gasteiger partial charge in [0.15, 0.2) is 0 Å². The second-order valence-electron chi connectivity index (χ2n) is 6.97. The Balaban J connectivity index is 1.81. The van der Waals surface area contributed by atoms with E-state index < -0.39 is 5.54 Å². The van der Waals surface area contributed by atoms with E-state index in [1.54, 1.807) is 12.3 Å². The summed E-state index contributed by atoms with van der Waals surface area (Å²) in [7, 11) is 0. The second kappa shape index (κ2) is 6.45. The lowest BCUT2D eigenvalue weighted by atomic mass is 9.63. The van der Waals surface area contributed by atoms with E-state index in [4.69, 9.17) is 9.41 Å². The molecule has 4 nitrogen and oxygen atoms in total. The van der Waals surface area contributed by atoms with Gasteiger partial charge >= 0.3 is 0 Å². The van der Waals surface area contributed by atoms with Gasteiger partial charge in [0.25, 0.3) is 0 Å². The third kappa shape index (κ3) is 2.71. The van der Waals surface area contributed by atoms with Gasteiger partial charge in [0, 0.05) is 35.9 Å². The zero-order valence-electron chi connectivity index (χ0n) is 15.0. The molecule has 1 N–H and O–H groups in total. The summed E-state index contributed by atoms with van der Waals surface area (Å²) in [5, 5.41) is 0. The number of nitrogens with one attached hydrogen (secondary N) is 1. The van der Waals surface area contributed by atoms with Gasteiger partial charge in [-0.25, -0.2) is 0 Å². The number of H-pyrrole nitrogens is 1. The first-order valence-corrected chi connectivity index (χ1v) is 8.94. The summed E-state index contributed by atoms with van der Waals surface area (Å²) >= 11 is 0. The summed E-state index contributed by atoms with van der Waals surface area (Å²) in [6.45, 7) is 4.25. The Labute approximate surface area is 152 Å². The predicted octanol–water partition coefficient (Wildman–Crippen LogP) is 4.42. The van der Waals surface area contributed by atoms with Gasteiger partial charge in [-0.15, -0.1) is 0 Å². The number of rotatable bonds is 3. The first-order valence-electron chi connectivity index (χ1n) is 8.94. The quantitative estimate of drug-likeness (QED) is 0.661. The number of pyridine rings is 1. The van der Waals surface area contributed by atoms with Crippen molar-refractivity contribution < 1.29 is 4.42 Å². The molecule has 4 heteroatoms. The predicted molar refractivity (Wildman–Crippen MR) is 104 cm³/mol. The van der Waals surface area contributed by atoms with Gasteiger partial charge in [0.2, 0.25) is 5.56 Å². The molecule has 0 spiro atoms. The maximum Gasteiger partial charge on any atom is 0.248 e. The van der Waals surface area contributed by atoms with E-state index in [0.717, 1.165) is 29.9 Å². The van der Waals surface area contributed by atoms with Crippen LogP contribution in [0.3, 0.4) is 0 Å². The lowest BCUT2D eigenvalue weighted by Crippen LogP contribution is -2.40. The molecule has 2 aliphatic carbocycles. The molecule has 2 bridgehead atoms. The van der Waals surface area contributed by atoms with Crippen LogP contribution in [0.5, 0.6) is 0 Å². The average molecular weight is 346 g/mol. The summed E-state index contributed by atoms with van der Waals surface area (Å²) in [6.07, 6.45) is 13.5. The molecule has 0 unspecified atom stereocenters. The average Bonchev–Trinajstić information content (AvgIpc) is 3.11. The molecule has 4 rings (SSSR count). The van der Waals surface area contributed by atoms with Crippen molar-refractivity contribution in [1.29, 1.82) is 0 Å². The van der Waals surface area contributed by atoms with Gasteiger partial charge in [-0.05, 0) is 56.2 Å². The molecular formula is C22H22N2O2. The Morgan fingerprint density at radius 3 is 3.00 bits per heavy atom. The van der Waals surface area contributed by atoms with E-state index in [-0.39, 0.29) is 11.5 Å². The molecule has 0 radical (unpaired) electrons. The van der Waals surface area contributed by atoms with Crippen LogP contribution in [0.25, 0.3) is 6.08 Å². The molecule has 2 aromatic heterocycles. The van der Waals surface area contributed by atoms with E-state index >= 15 is 0 Å². The first kappa shape index (κ1) is 16.6. The molecule has 0 amide bonds. The largest absolute Gasteiger partial charge is 0.465 e. The monoisotopic (exact) mass is 346 g/mol. The number of hydrogen-bond acceptors (Lipinski definition) is 3. The fraction of sp³-hybridized carbons (Fsp3) is 0.273. The van der Waals surface area contributed by atoms with E-state index in [2.05, 4.69) is 31.0 Å². The highest BCUT2D eigenvalue weighted by Crippen LogP contribution is 2.51. The third-order valence-corrected chi connectivity index (χ3v) is 5.26. The molecule has 0 fully saturated rings. The Bertz CT molecular complexity index is 989. The van der Waals surface area contributed by atoms with Crippen LogP contribution in [0, 0.1) is 5.92 Å². The minimum atomic E-state index is -0.441. The Hall–Kier alpha value is -2.88. The lowest BCUT2D eigenvalue weighted by Gasteiger charge is -2.45. The van der Waals surface area contributed by atoms with E-state index in [9.17, 15) is 4.79 Å². The molecule has 0 aromatic carbocycles. The van der Waals surface area contributed by atoms with Crippen molar-refractivity contribution >= 4 is 12.3 Å². The second-order valence-corrected chi connectivity index (χ2v) is 6.97. The smallest absolute Gasteiger partial charge is 0.248 e. The van der Waals surface area contributed by atoms with Crippen molar-refractivity contribution in [3.8, 4) is 0 Å². The highest BCUT2D eigenvalue weighted by molar-refractivity contribution is 5.78. The van der Waals surface area contributed by atoms with Crippen LogP contribution in [0.2, 0.25) is 0 Å². The maximum atomic E-state index is 11.8. The summed E-state index contributed by atoms with van der Waals surface area (Å²) < 4.78 is 5.33. The van der Waals surface area contributed by atoms with Gasteiger partial charge < -0.3 is 9.40 Å². The van der Waals surface area contributed by atoms with Crippen LogP contribution in [0.4, 0.5) is 0 Å². The lowest BCUT2D eigenvalue weighted by molar-refractivity contribution is 0.413. The number of fused-ring (bicyclic) bond motifs is 4. The van der Waals surface area contributed by atoms with Crippen LogP contribution < -0.4 is 5.56 Å². The Morgan fingerprint density at radius 2 is 2.23 bits per heavy atom. The molecule has 2 aromatic rings. The summed E-state index contributed by atoms with van der Waals surface area (Å²) in [4.78, 5) is 19.9. The summed E-state index contributed by atoms with van der Waals surface area (Å²) in [5.74, 6) is 1.08. The molecule has 0 aliphatic heterocycles. The first-order chi connectivity index (χ1) is 12.6. The van der Waals surface area contributed by atoms with Crippen molar-refractivity contribution in [3.05, 3.63) is 87.3 Å². The maximum absolute atomic E-state index is 11.8. The standard InChI is InChI=1S/C22H22N2O2/c1-3-18-16-12-15(2)14-22(18,19-8-9-21(25)24-20(19)13-16)23-10-4-6-17-7-5-11-26-17/h3-12,16H,13-14H2,1-2H3,(H,24,25)/b6-4+,18-3+,23-10?/t16-,22+/m0/s1. The van der Waals surface area contributed by atoms with Crippen LogP contribution in [-0.2, 0) is 12.0 Å². The molecule has 2 heterocycles. The number of hydrogen-bond donors (Lipinski definition) is 1. The number of aromatic amines is 1. The van der Waals surface area contributed by atoms with Crippen LogP contribution in [0.15, 0.2) is 74.1 Å². The minimum Gasteiger partial charge on any atom is -0.465 e. The fourth-order valence-corrected chi connectivity index (χ4v) is 4.35. The number of nitrogens with zero attached hydrogens (tertiary/aromatic N) is 1. The van der Waals surface area contributed by atoms with Gasteiger partial charge in [0.05, 0.1) is 6.26 Å². The third-order valence-electron chi connectivity index (χ3n) is 5.26. The highest BCUT2D eigenvalue weighted by atomic mass is 16.3. The molecule has 2 aliphatic rings. The van der Waals surface area contributed by atoms with Gasteiger partial charge in [0.1, 0.15) is 11.3 Å². The topological polar surface area (TPSA) is 58.4 Å². The molecule has 26 heavy (non-hydrogen) atoms. The van der Waals surface area contributed by atoms with Gasteiger partial charge in [-0.3, -0.25) is 9.79 Å². The van der Waals surface area contributed by atoms with Gasteiger partial charge in [-0.1, -0.05) is 17.7 Å². The summed E-state index contributed by atoms with van der Waals surface area (Å²) in [6, 6.07) is 7.32. The van der Waals surface area contributed by atoms with Crippen molar-refractivity contribution in [2.75, 3.05) is 0 Å². The molecule has 2 atom stereocenters. The molecule has 0 saturated heterocycles. The zero-order valence-corrected chi connectivity index (χ0v) is 15.0. The van der Waals surface area contributed by atoms with Crippen LogP contribution in [0.1, 0.15) is 37.3 Å². The van der Waals surface area contributed by atoms with Crippen molar-refractivity contribution in [2.45, 2.75) is 32.2 Å². The minimum absolute atomic E-state index is 0.0525. The van der Waals surface area contributed by atoms with Crippen molar-refractivity contribution in [3.63, 3.8) is 0 Å². The number of allylic oxidation sites excluding steroid dienone is 3. The van der Waals surface area contributed by atoms with Crippen molar-refractivity contribution in [2.24, 2.45) is 10.9 Å². The van der Waals surface area contributed by atoms with E-state index in [0.29, 0.717) is 0 Å². The van der Waals surface area contributed by atoms with Crippen LogP contribution >= 0.6 is 0 Å². The SMILES string of the molecule is C/C=C1\[C@H]2C=C(C)C[C@]1(N=C/C=C/c1ccco1)c1ccc(=O)[nH]c1C2. The van der Waals surface area contributed by atoms with Crippen LogP contribution in [-0.4, -0.2) is 11.2 Å². The highest BCUT2D eigenvalue weighted by Gasteiger charge is 2.46. The molecule has 0 saturated carbocycles. The fourth-order valence-electron chi connectivity index (χ4n) is 4.35. The number of aromatic nitrogens is 1. The van der Waals surface area contributed by atoms with E-state index in [1.165, 1.54) is 11.1 Å². The number of furan rings is 1. The Morgan fingerprint density at radius 1 is 1.35 bits per heavy atom. The molecular weight excluding hydrogens is 324 g/mol. The van der Waals surface area contributed by atoms with E-state index in [1.807, 2.05) is 36.6 Å². The zero-order chi connectivity index (χ0) is 18.1. The summed E-state index contributed by atoms with van der Waals surface area (Å²) in [5.41, 5.74) is 4.27. The molecule has 132 valence electrons. The normalized spacial score (nSPS) is 26.5. The Kier molecular flexibility index (Phi) is 4.11. The number of aliphatic imine (C=N–C) groups is 1. The van der Waals surface area contributed by atoms with Gasteiger partial charge in [-0.2, -0.15) is 0 Å².